The Morgan fingerprint density at radius 2 is 2.33 bits per heavy atom. The van der Waals surface area contributed by atoms with Crippen molar-refractivity contribution < 1.29 is 9.53 Å². The van der Waals surface area contributed by atoms with Gasteiger partial charge in [0, 0.05) is 22.0 Å². The van der Waals surface area contributed by atoms with E-state index in [0.717, 1.165) is 15.6 Å². The van der Waals surface area contributed by atoms with E-state index in [2.05, 4.69) is 0 Å². The molecule has 0 bridgehead atoms. The Labute approximate surface area is 91.5 Å². The van der Waals surface area contributed by atoms with Crippen molar-refractivity contribution in [1.82, 2.24) is 0 Å². The summed E-state index contributed by atoms with van der Waals surface area (Å²) in [5, 5.41) is 2.74. The Balaban J connectivity index is 2.71. The van der Waals surface area contributed by atoms with Crippen LogP contribution < -0.4 is 5.73 Å². The Hall–Kier alpha value is -1.39. The third kappa shape index (κ3) is 1.62. The number of methoxy groups -OCH3 is 1. The van der Waals surface area contributed by atoms with Crippen LogP contribution in [0.25, 0.3) is 10.1 Å². The van der Waals surface area contributed by atoms with Crippen LogP contribution in [0.2, 0.25) is 0 Å². The van der Waals surface area contributed by atoms with Crippen molar-refractivity contribution in [2.75, 3.05) is 7.11 Å². The van der Waals surface area contributed by atoms with Gasteiger partial charge in [-0.25, -0.2) is 4.79 Å². The molecule has 0 atom stereocenters. The molecule has 0 fully saturated rings. The molecule has 0 radical (unpaired) electrons. The number of hydrogen-bond donors (Lipinski definition) is 1. The quantitative estimate of drug-likeness (QED) is 0.790. The van der Waals surface area contributed by atoms with E-state index in [9.17, 15) is 4.79 Å². The number of carbonyl (C=O) groups excluding carboxylic acids is 1. The molecule has 0 aliphatic carbocycles. The highest BCUT2D eigenvalue weighted by Gasteiger charge is 2.14. The number of carbonyl (C=O) groups is 1. The summed E-state index contributed by atoms with van der Waals surface area (Å²) in [5.74, 6) is -0.304. The zero-order chi connectivity index (χ0) is 10.8. The second kappa shape index (κ2) is 4.00. The molecule has 0 spiro atoms. The lowest BCUT2D eigenvalue weighted by Crippen LogP contribution is -2.03. The first-order valence-electron chi connectivity index (χ1n) is 4.55. The number of ether oxygens (including phenoxy) is 1. The fraction of sp³-hybridized carbons (Fsp3) is 0.182. The Kier molecular flexibility index (Phi) is 2.70. The summed E-state index contributed by atoms with van der Waals surface area (Å²) in [5.41, 5.74) is 7.23. The van der Waals surface area contributed by atoms with Crippen LogP contribution in [0.3, 0.4) is 0 Å². The van der Waals surface area contributed by atoms with Crippen molar-refractivity contribution >= 4 is 27.4 Å². The van der Waals surface area contributed by atoms with Crippen LogP contribution in [0, 0.1) is 0 Å². The van der Waals surface area contributed by atoms with Crippen LogP contribution in [-0.2, 0) is 11.3 Å². The zero-order valence-corrected chi connectivity index (χ0v) is 9.14. The molecule has 2 rings (SSSR count). The number of fused-ring (bicyclic) bond motifs is 1. The minimum atomic E-state index is -0.304. The van der Waals surface area contributed by atoms with Gasteiger partial charge in [0.05, 0.1) is 12.7 Å². The summed E-state index contributed by atoms with van der Waals surface area (Å²) < 4.78 is 5.80. The third-order valence-electron chi connectivity index (χ3n) is 2.31. The van der Waals surface area contributed by atoms with Gasteiger partial charge >= 0.3 is 5.97 Å². The minimum absolute atomic E-state index is 0.304. The molecule has 3 nitrogen and oxygen atoms in total. The first-order valence-corrected chi connectivity index (χ1v) is 5.43. The molecule has 1 aromatic carbocycles. The molecular weight excluding hydrogens is 210 g/mol. The highest BCUT2D eigenvalue weighted by atomic mass is 32.1. The number of hydrogen-bond acceptors (Lipinski definition) is 4. The van der Waals surface area contributed by atoms with Crippen molar-refractivity contribution in [1.29, 1.82) is 0 Å². The molecule has 1 aromatic heterocycles. The van der Waals surface area contributed by atoms with Gasteiger partial charge in [-0.3, -0.25) is 0 Å². The average Bonchev–Trinajstić information content (AvgIpc) is 2.71. The van der Waals surface area contributed by atoms with Crippen LogP contribution in [0.5, 0.6) is 0 Å². The summed E-state index contributed by atoms with van der Waals surface area (Å²) >= 11 is 1.53. The first-order chi connectivity index (χ1) is 7.27. The van der Waals surface area contributed by atoms with Crippen LogP contribution in [0.15, 0.2) is 23.6 Å². The zero-order valence-electron chi connectivity index (χ0n) is 8.32. The van der Waals surface area contributed by atoms with Crippen LogP contribution in [0.1, 0.15) is 15.9 Å². The van der Waals surface area contributed by atoms with Gasteiger partial charge in [0.25, 0.3) is 0 Å². The summed E-state index contributed by atoms with van der Waals surface area (Å²) in [6.07, 6.45) is 0. The third-order valence-corrected chi connectivity index (χ3v) is 3.26. The molecule has 2 aromatic rings. The van der Waals surface area contributed by atoms with Crippen molar-refractivity contribution in [2.24, 2.45) is 5.73 Å². The molecule has 0 aliphatic heterocycles. The Morgan fingerprint density at radius 3 is 3.00 bits per heavy atom. The molecule has 78 valence electrons. The van der Waals surface area contributed by atoms with E-state index in [1.54, 1.807) is 0 Å². The van der Waals surface area contributed by atoms with Gasteiger partial charge < -0.3 is 10.5 Å². The molecular formula is C11H11NO2S. The van der Waals surface area contributed by atoms with Crippen molar-refractivity contribution in [2.45, 2.75) is 6.54 Å². The van der Waals surface area contributed by atoms with Crippen molar-refractivity contribution in [3.8, 4) is 0 Å². The van der Waals surface area contributed by atoms with Crippen molar-refractivity contribution in [3.05, 3.63) is 34.7 Å². The Bertz CT molecular complexity index is 504. The summed E-state index contributed by atoms with van der Waals surface area (Å²) in [7, 11) is 1.39. The van der Waals surface area contributed by atoms with E-state index >= 15 is 0 Å². The fourth-order valence-corrected chi connectivity index (χ4v) is 2.57. The number of thiophene rings is 1. The van der Waals surface area contributed by atoms with Gasteiger partial charge in [-0.15, -0.1) is 11.3 Å². The standard InChI is InChI=1S/C11H11NO2S/c1-14-11(13)8-6-15-9-4-2-3-7(5-12)10(8)9/h2-4,6H,5,12H2,1H3. The number of esters is 1. The van der Waals surface area contributed by atoms with E-state index in [0.29, 0.717) is 12.1 Å². The first kappa shape index (κ1) is 10.1. The van der Waals surface area contributed by atoms with E-state index < -0.39 is 0 Å². The molecule has 0 saturated carbocycles. The predicted octanol–water partition coefficient (Wildman–Crippen LogP) is 2.15. The highest BCUT2D eigenvalue weighted by molar-refractivity contribution is 7.17. The number of rotatable bonds is 2. The van der Waals surface area contributed by atoms with E-state index in [-0.39, 0.29) is 5.97 Å². The van der Waals surface area contributed by atoms with Gasteiger partial charge in [0.15, 0.2) is 0 Å². The molecule has 15 heavy (non-hydrogen) atoms. The second-order valence-electron chi connectivity index (χ2n) is 3.14. The normalized spacial score (nSPS) is 10.5. The predicted molar refractivity (Wildman–Crippen MR) is 61.1 cm³/mol. The molecule has 0 unspecified atom stereocenters. The van der Waals surface area contributed by atoms with E-state index in [1.165, 1.54) is 18.4 Å². The van der Waals surface area contributed by atoms with E-state index in [1.807, 2.05) is 23.6 Å². The summed E-state index contributed by atoms with van der Waals surface area (Å²) in [6, 6.07) is 5.86. The lowest BCUT2D eigenvalue weighted by atomic mass is 10.1. The Morgan fingerprint density at radius 1 is 1.53 bits per heavy atom. The summed E-state index contributed by atoms with van der Waals surface area (Å²) in [4.78, 5) is 11.5. The molecule has 1 heterocycles. The minimum Gasteiger partial charge on any atom is -0.465 e. The molecule has 4 heteroatoms. The van der Waals surface area contributed by atoms with Crippen LogP contribution >= 0.6 is 11.3 Å². The average molecular weight is 221 g/mol. The van der Waals surface area contributed by atoms with Gasteiger partial charge in [-0.05, 0) is 11.6 Å². The van der Waals surface area contributed by atoms with Gasteiger partial charge in [-0.2, -0.15) is 0 Å². The molecule has 2 N–H and O–H groups in total. The molecule has 0 saturated heterocycles. The van der Waals surface area contributed by atoms with E-state index in [4.69, 9.17) is 10.5 Å². The topological polar surface area (TPSA) is 52.3 Å². The fourth-order valence-electron chi connectivity index (χ4n) is 1.59. The maximum absolute atomic E-state index is 11.5. The monoisotopic (exact) mass is 221 g/mol. The smallest absolute Gasteiger partial charge is 0.339 e. The van der Waals surface area contributed by atoms with Gasteiger partial charge in [0.2, 0.25) is 0 Å². The second-order valence-corrected chi connectivity index (χ2v) is 4.05. The molecule has 0 amide bonds. The maximum atomic E-state index is 11.5. The van der Waals surface area contributed by atoms with Gasteiger partial charge in [-0.1, -0.05) is 12.1 Å². The van der Waals surface area contributed by atoms with Crippen LogP contribution in [0.4, 0.5) is 0 Å². The van der Waals surface area contributed by atoms with Crippen molar-refractivity contribution in [3.63, 3.8) is 0 Å². The van der Waals surface area contributed by atoms with Gasteiger partial charge in [0.1, 0.15) is 0 Å². The number of nitrogens with two attached hydrogens (primary N) is 1. The lowest BCUT2D eigenvalue weighted by Gasteiger charge is -2.02. The lowest BCUT2D eigenvalue weighted by molar-refractivity contribution is 0.0603. The highest BCUT2D eigenvalue weighted by Crippen LogP contribution is 2.29. The van der Waals surface area contributed by atoms with Crippen LogP contribution in [-0.4, -0.2) is 13.1 Å². The number of benzene rings is 1. The SMILES string of the molecule is COC(=O)c1csc2cccc(CN)c12. The maximum Gasteiger partial charge on any atom is 0.339 e. The molecule has 0 aliphatic rings. The largest absolute Gasteiger partial charge is 0.465 e. The summed E-state index contributed by atoms with van der Waals surface area (Å²) in [6.45, 7) is 0.429.